The normalized spacial score (nSPS) is 24.5. The molecule has 2 aromatic rings. The number of nitrogens with two attached hydrogens (primary N) is 1. The second kappa shape index (κ2) is 4.76. The van der Waals surface area contributed by atoms with E-state index in [2.05, 4.69) is 0 Å². The van der Waals surface area contributed by atoms with E-state index in [9.17, 15) is 4.79 Å². The molecule has 1 saturated carbocycles. The van der Waals surface area contributed by atoms with Crippen LogP contribution in [0.4, 0.5) is 5.69 Å². The van der Waals surface area contributed by atoms with Crippen LogP contribution >= 0.6 is 0 Å². The highest BCUT2D eigenvalue weighted by atomic mass is 16.2. The first-order chi connectivity index (χ1) is 10.2. The van der Waals surface area contributed by atoms with Gasteiger partial charge < -0.3 is 10.6 Å². The number of carbonyl (C=O) groups excluding carboxylic acids is 1. The van der Waals surface area contributed by atoms with Crippen molar-refractivity contribution in [3.05, 3.63) is 42.0 Å². The van der Waals surface area contributed by atoms with Gasteiger partial charge in [0.15, 0.2) is 0 Å². The Labute approximate surface area is 124 Å². The Morgan fingerprint density at radius 2 is 1.67 bits per heavy atom. The molecule has 1 heterocycles. The number of likely N-dealkylation sites (tertiary alicyclic amines) is 1. The first-order valence-corrected chi connectivity index (χ1v) is 7.80. The van der Waals surface area contributed by atoms with Gasteiger partial charge in [-0.15, -0.1) is 0 Å². The zero-order chi connectivity index (χ0) is 14.4. The van der Waals surface area contributed by atoms with E-state index in [1.54, 1.807) is 0 Å². The zero-order valence-electron chi connectivity index (χ0n) is 12.1. The maximum Gasteiger partial charge on any atom is 0.255 e. The van der Waals surface area contributed by atoms with Crippen LogP contribution in [-0.2, 0) is 0 Å². The lowest BCUT2D eigenvalue weighted by Crippen LogP contribution is -2.30. The number of rotatable bonds is 1. The van der Waals surface area contributed by atoms with Gasteiger partial charge >= 0.3 is 0 Å². The van der Waals surface area contributed by atoms with Gasteiger partial charge in [-0.3, -0.25) is 4.79 Å². The van der Waals surface area contributed by atoms with E-state index in [1.807, 2.05) is 41.3 Å². The number of anilines is 1. The molecule has 21 heavy (non-hydrogen) atoms. The lowest BCUT2D eigenvalue weighted by molar-refractivity contribution is 0.0782. The fraction of sp³-hybridized carbons (Fsp3) is 0.389. The maximum atomic E-state index is 12.8. The van der Waals surface area contributed by atoms with Crippen molar-refractivity contribution in [3.8, 4) is 0 Å². The third-order valence-corrected chi connectivity index (χ3v) is 5.16. The van der Waals surface area contributed by atoms with Crippen molar-refractivity contribution >= 4 is 22.4 Å². The fourth-order valence-corrected chi connectivity index (χ4v) is 4.01. The van der Waals surface area contributed by atoms with Crippen LogP contribution in [0.5, 0.6) is 0 Å². The van der Waals surface area contributed by atoms with E-state index < -0.39 is 0 Å². The molecule has 108 valence electrons. The van der Waals surface area contributed by atoms with Gasteiger partial charge in [0.1, 0.15) is 0 Å². The van der Waals surface area contributed by atoms with Crippen molar-refractivity contribution in [3.63, 3.8) is 0 Å². The number of hydrogen-bond acceptors (Lipinski definition) is 2. The smallest absolute Gasteiger partial charge is 0.255 e. The number of amides is 1. The first kappa shape index (κ1) is 12.7. The Kier molecular flexibility index (Phi) is 2.88. The summed E-state index contributed by atoms with van der Waals surface area (Å²) in [6, 6.07) is 11.9. The van der Waals surface area contributed by atoms with E-state index in [4.69, 9.17) is 5.73 Å². The molecule has 0 bridgehead atoms. The van der Waals surface area contributed by atoms with Crippen LogP contribution in [0.15, 0.2) is 36.4 Å². The molecule has 1 saturated heterocycles. The number of carbonyl (C=O) groups is 1. The molecule has 2 aromatic carbocycles. The molecule has 1 aliphatic heterocycles. The van der Waals surface area contributed by atoms with Crippen LogP contribution in [0.2, 0.25) is 0 Å². The summed E-state index contributed by atoms with van der Waals surface area (Å²) in [4.78, 5) is 14.8. The van der Waals surface area contributed by atoms with Crippen molar-refractivity contribution < 1.29 is 4.79 Å². The summed E-state index contributed by atoms with van der Waals surface area (Å²) in [5.74, 6) is 1.54. The fourth-order valence-electron chi connectivity index (χ4n) is 4.01. The summed E-state index contributed by atoms with van der Waals surface area (Å²) in [7, 11) is 0. The molecule has 0 radical (unpaired) electrons. The lowest BCUT2D eigenvalue weighted by atomic mass is 10.0. The topological polar surface area (TPSA) is 46.3 Å². The highest BCUT2D eigenvalue weighted by molar-refractivity contribution is 6.04. The number of nitrogen functional groups attached to an aromatic ring is 1. The molecular weight excluding hydrogens is 260 g/mol. The highest BCUT2D eigenvalue weighted by Crippen LogP contribution is 2.38. The molecule has 1 amide bonds. The monoisotopic (exact) mass is 280 g/mol. The number of benzene rings is 2. The van der Waals surface area contributed by atoms with Crippen molar-refractivity contribution in [2.75, 3.05) is 18.8 Å². The Morgan fingerprint density at radius 3 is 2.33 bits per heavy atom. The molecule has 2 aliphatic rings. The zero-order valence-corrected chi connectivity index (χ0v) is 12.1. The van der Waals surface area contributed by atoms with E-state index in [1.165, 1.54) is 19.3 Å². The second-order valence-corrected chi connectivity index (χ2v) is 6.45. The molecule has 3 nitrogen and oxygen atoms in total. The Hall–Kier alpha value is -2.03. The van der Waals surface area contributed by atoms with Gasteiger partial charge in [0.25, 0.3) is 5.91 Å². The van der Waals surface area contributed by atoms with Gasteiger partial charge in [0.05, 0.1) is 5.56 Å². The number of fused-ring (bicyclic) bond motifs is 2. The number of nitrogens with zero attached hydrogens (tertiary/aromatic N) is 1. The van der Waals surface area contributed by atoms with Crippen molar-refractivity contribution in [1.82, 2.24) is 4.90 Å². The van der Waals surface area contributed by atoms with Gasteiger partial charge in [0, 0.05) is 18.8 Å². The van der Waals surface area contributed by atoms with Crippen LogP contribution < -0.4 is 5.73 Å². The SMILES string of the molecule is Nc1cc2ccccc2cc1C(=O)N1C[C@H]2CCC[C@H]2C1. The average Bonchev–Trinajstić information content (AvgIpc) is 3.07. The summed E-state index contributed by atoms with van der Waals surface area (Å²) in [6.07, 6.45) is 3.89. The van der Waals surface area contributed by atoms with E-state index in [0.717, 1.165) is 35.7 Å². The Morgan fingerprint density at radius 1 is 1.05 bits per heavy atom. The van der Waals surface area contributed by atoms with Crippen molar-refractivity contribution in [2.24, 2.45) is 11.8 Å². The molecule has 2 atom stereocenters. The van der Waals surface area contributed by atoms with Crippen LogP contribution in [0.3, 0.4) is 0 Å². The summed E-state index contributed by atoms with van der Waals surface area (Å²) in [5, 5.41) is 2.17. The average molecular weight is 280 g/mol. The van der Waals surface area contributed by atoms with E-state index in [-0.39, 0.29) is 5.91 Å². The third-order valence-electron chi connectivity index (χ3n) is 5.16. The summed E-state index contributed by atoms with van der Waals surface area (Å²) < 4.78 is 0. The van der Waals surface area contributed by atoms with Crippen molar-refractivity contribution in [2.45, 2.75) is 19.3 Å². The molecule has 2 N–H and O–H groups in total. The largest absolute Gasteiger partial charge is 0.398 e. The molecule has 2 fully saturated rings. The minimum atomic E-state index is 0.104. The van der Waals surface area contributed by atoms with Crippen LogP contribution in [0, 0.1) is 11.8 Å². The van der Waals surface area contributed by atoms with Gasteiger partial charge in [0.2, 0.25) is 0 Å². The van der Waals surface area contributed by atoms with Crippen molar-refractivity contribution in [1.29, 1.82) is 0 Å². The highest BCUT2D eigenvalue weighted by Gasteiger charge is 2.38. The van der Waals surface area contributed by atoms with E-state index in [0.29, 0.717) is 11.3 Å². The third kappa shape index (κ3) is 2.08. The standard InChI is InChI=1S/C18H20N2O/c19-17-9-13-5-2-1-4-12(13)8-16(17)18(21)20-10-14-6-3-7-15(14)11-20/h1-2,4-5,8-9,14-15H,3,6-7,10-11,19H2/t14-,15+. The maximum absolute atomic E-state index is 12.8. The van der Waals surface area contributed by atoms with Gasteiger partial charge in [-0.2, -0.15) is 0 Å². The lowest BCUT2D eigenvalue weighted by Gasteiger charge is -2.19. The van der Waals surface area contributed by atoms with Gasteiger partial charge in [-0.25, -0.2) is 0 Å². The molecule has 3 heteroatoms. The van der Waals surface area contributed by atoms with Crippen LogP contribution in [0.25, 0.3) is 10.8 Å². The van der Waals surface area contributed by atoms with Gasteiger partial charge in [-0.1, -0.05) is 30.7 Å². The molecule has 4 rings (SSSR count). The Balaban J connectivity index is 1.66. The summed E-state index contributed by atoms with van der Waals surface area (Å²) in [5.41, 5.74) is 7.38. The summed E-state index contributed by atoms with van der Waals surface area (Å²) >= 11 is 0. The number of hydrogen-bond donors (Lipinski definition) is 1. The molecule has 1 aliphatic carbocycles. The minimum Gasteiger partial charge on any atom is -0.398 e. The molecule has 0 unspecified atom stereocenters. The van der Waals surface area contributed by atoms with E-state index >= 15 is 0 Å². The molecule has 0 spiro atoms. The quantitative estimate of drug-likeness (QED) is 0.815. The van der Waals surface area contributed by atoms with Gasteiger partial charge in [-0.05, 0) is 47.6 Å². The van der Waals surface area contributed by atoms with Crippen LogP contribution in [-0.4, -0.2) is 23.9 Å². The first-order valence-electron chi connectivity index (χ1n) is 7.80. The van der Waals surface area contributed by atoms with Crippen LogP contribution in [0.1, 0.15) is 29.6 Å². The molecular formula is C18H20N2O. The predicted molar refractivity (Wildman–Crippen MR) is 85.1 cm³/mol. The second-order valence-electron chi connectivity index (χ2n) is 6.45. The Bertz CT molecular complexity index is 697. The summed E-state index contributed by atoms with van der Waals surface area (Å²) in [6.45, 7) is 1.82. The molecule has 0 aromatic heterocycles. The predicted octanol–water partition coefficient (Wildman–Crippen LogP) is 3.29. The minimum absolute atomic E-state index is 0.104.